The molecule has 1 rings (SSSR count). The van der Waals surface area contributed by atoms with E-state index >= 15 is 0 Å². The third-order valence-corrected chi connectivity index (χ3v) is 2.34. The van der Waals surface area contributed by atoms with Crippen LogP contribution < -0.4 is 10.1 Å². The number of aliphatic hydroxyl groups is 1. The number of hydrogen-bond donors (Lipinski definition) is 2. The van der Waals surface area contributed by atoms with E-state index in [1.165, 1.54) is 0 Å². The Morgan fingerprint density at radius 3 is 2.79 bits per heavy atom. The molecule has 4 heteroatoms. The monoisotopic (exact) mass is 215 g/mol. The number of aliphatic hydroxyl groups excluding tert-OH is 1. The number of hydrogen-bond acceptors (Lipinski definition) is 3. The molecule has 0 heterocycles. The van der Waals surface area contributed by atoms with Crippen LogP contribution in [0, 0.1) is 0 Å². The largest absolute Gasteiger partial charge is 0.496 e. The number of benzene rings is 1. The van der Waals surface area contributed by atoms with Crippen LogP contribution in [0.25, 0.3) is 0 Å². The second kappa shape index (κ2) is 5.20. The standard InChI is InChI=1S/C10H14ClNO2/c1-12-9(6-13)8-4-3-7(11)5-10(8)14-2/h3-5,9,12-13H,6H2,1-2H3/t9-/m1/s1. The van der Waals surface area contributed by atoms with Crippen molar-refractivity contribution in [2.45, 2.75) is 6.04 Å². The Kier molecular flexibility index (Phi) is 4.20. The highest BCUT2D eigenvalue weighted by Gasteiger charge is 2.13. The summed E-state index contributed by atoms with van der Waals surface area (Å²) in [6.45, 7) is 0.0223. The Hall–Kier alpha value is -0.770. The molecular formula is C10H14ClNO2. The molecule has 1 aromatic rings. The van der Waals surface area contributed by atoms with Gasteiger partial charge in [0.25, 0.3) is 0 Å². The Balaban J connectivity index is 3.06. The van der Waals surface area contributed by atoms with Crippen molar-refractivity contribution >= 4 is 11.6 Å². The molecule has 1 aromatic carbocycles. The predicted molar refractivity (Wildman–Crippen MR) is 56.9 cm³/mol. The predicted octanol–water partition coefficient (Wildman–Crippen LogP) is 1.60. The van der Waals surface area contributed by atoms with Crippen LogP contribution in [0.3, 0.4) is 0 Å². The van der Waals surface area contributed by atoms with Crippen molar-refractivity contribution in [1.82, 2.24) is 5.32 Å². The maximum atomic E-state index is 9.12. The van der Waals surface area contributed by atoms with E-state index in [1.807, 2.05) is 6.07 Å². The molecule has 0 fully saturated rings. The van der Waals surface area contributed by atoms with Gasteiger partial charge in [0.05, 0.1) is 19.8 Å². The van der Waals surface area contributed by atoms with E-state index in [0.717, 1.165) is 5.56 Å². The van der Waals surface area contributed by atoms with Crippen molar-refractivity contribution < 1.29 is 9.84 Å². The van der Waals surface area contributed by atoms with E-state index in [2.05, 4.69) is 5.32 Å². The van der Waals surface area contributed by atoms with Gasteiger partial charge in [0.2, 0.25) is 0 Å². The average Bonchev–Trinajstić information content (AvgIpc) is 2.21. The maximum Gasteiger partial charge on any atom is 0.125 e. The van der Waals surface area contributed by atoms with E-state index in [0.29, 0.717) is 10.8 Å². The molecule has 0 saturated heterocycles. The molecule has 0 saturated carbocycles. The number of rotatable bonds is 4. The van der Waals surface area contributed by atoms with Gasteiger partial charge in [-0.3, -0.25) is 0 Å². The van der Waals surface area contributed by atoms with Crippen LogP contribution in [0.5, 0.6) is 5.75 Å². The summed E-state index contributed by atoms with van der Waals surface area (Å²) in [6, 6.07) is 5.23. The summed E-state index contributed by atoms with van der Waals surface area (Å²) in [5.41, 5.74) is 0.905. The van der Waals surface area contributed by atoms with Gasteiger partial charge in [0, 0.05) is 10.6 Å². The zero-order chi connectivity index (χ0) is 10.6. The molecule has 2 N–H and O–H groups in total. The van der Waals surface area contributed by atoms with Gasteiger partial charge in [-0.05, 0) is 19.2 Å². The smallest absolute Gasteiger partial charge is 0.125 e. The zero-order valence-corrected chi connectivity index (χ0v) is 9.01. The summed E-state index contributed by atoms with van der Waals surface area (Å²) in [5.74, 6) is 0.686. The van der Waals surface area contributed by atoms with Gasteiger partial charge >= 0.3 is 0 Å². The minimum atomic E-state index is -0.123. The van der Waals surface area contributed by atoms with Gasteiger partial charge < -0.3 is 15.2 Å². The number of methoxy groups -OCH3 is 1. The van der Waals surface area contributed by atoms with E-state index < -0.39 is 0 Å². The first-order valence-electron chi connectivity index (χ1n) is 4.34. The normalized spacial score (nSPS) is 12.6. The summed E-state index contributed by atoms with van der Waals surface area (Å²) in [4.78, 5) is 0. The van der Waals surface area contributed by atoms with Gasteiger partial charge in [-0.2, -0.15) is 0 Å². The number of likely N-dealkylation sites (N-methyl/N-ethyl adjacent to an activating group) is 1. The van der Waals surface area contributed by atoms with Gasteiger partial charge in [-0.1, -0.05) is 17.7 Å². The molecule has 0 spiro atoms. The molecule has 0 bridgehead atoms. The maximum absolute atomic E-state index is 9.12. The van der Waals surface area contributed by atoms with Gasteiger partial charge in [-0.15, -0.1) is 0 Å². The number of ether oxygens (including phenoxy) is 1. The lowest BCUT2D eigenvalue weighted by Crippen LogP contribution is -2.20. The Labute approximate surface area is 88.7 Å². The van der Waals surface area contributed by atoms with Crippen molar-refractivity contribution in [3.8, 4) is 5.75 Å². The second-order valence-electron chi connectivity index (χ2n) is 2.91. The molecule has 3 nitrogen and oxygen atoms in total. The van der Waals surface area contributed by atoms with Crippen molar-refractivity contribution in [2.75, 3.05) is 20.8 Å². The highest BCUT2D eigenvalue weighted by Crippen LogP contribution is 2.27. The molecule has 0 unspecified atom stereocenters. The van der Waals surface area contributed by atoms with Gasteiger partial charge in [0.15, 0.2) is 0 Å². The first-order chi connectivity index (χ1) is 6.72. The van der Waals surface area contributed by atoms with E-state index in [9.17, 15) is 0 Å². The minimum absolute atomic E-state index is 0.0223. The van der Waals surface area contributed by atoms with E-state index in [4.69, 9.17) is 21.4 Å². The quantitative estimate of drug-likeness (QED) is 0.802. The molecule has 14 heavy (non-hydrogen) atoms. The van der Waals surface area contributed by atoms with Crippen LogP contribution in [0.4, 0.5) is 0 Å². The number of halogens is 1. The third kappa shape index (κ3) is 2.38. The van der Waals surface area contributed by atoms with Gasteiger partial charge in [0.1, 0.15) is 5.75 Å². The molecule has 0 aliphatic rings. The molecular weight excluding hydrogens is 202 g/mol. The van der Waals surface area contributed by atoms with Crippen LogP contribution in [0.1, 0.15) is 11.6 Å². The topological polar surface area (TPSA) is 41.5 Å². The Morgan fingerprint density at radius 1 is 1.57 bits per heavy atom. The van der Waals surface area contributed by atoms with Crippen LogP contribution in [-0.4, -0.2) is 25.9 Å². The summed E-state index contributed by atoms with van der Waals surface area (Å²) in [6.07, 6.45) is 0. The average molecular weight is 216 g/mol. The molecule has 0 aliphatic heterocycles. The summed E-state index contributed by atoms with van der Waals surface area (Å²) >= 11 is 5.82. The molecule has 78 valence electrons. The SMILES string of the molecule is CN[C@H](CO)c1ccc(Cl)cc1OC. The summed E-state index contributed by atoms with van der Waals surface area (Å²) in [5, 5.41) is 12.7. The molecule has 0 aliphatic carbocycles. The van der Waals surface area contributed by atoms with E-state index in [-0.39, 0.29) is 12.6 Å². The fourth-order valence-electron chi connectivity index (χ4n) is 1.32. The van der Waals surface area contributed by atoms with Crippen LogP contribution in [0.2, 0.25) is 5.02 Å². The molecule has 0 radical (unpaired) electrons. The van der Waals surface area contributed by atoms with Crippen LogP contribution in [0.15, 0.2) is 18.2 Å². The fraction of sp³-hybridized carbons (Fsp3) is 0.400. The van der Waals surface area contributed by atoms with E-state index in [1.54, 1.807) is 26.3 Å². The highest BCUT2D eigenvalue weighted by molar-refractivity contribution is 6.30. The summed E-state index contributed by atoms with van der Waals surface area (Å²) in [7, 11) is 3.37. The first kappa shape index (κ1) is 11.3. The van der Waals surface area contributed by atoms with Crippen molar-refractivity contribution in [3.05, 3.63) is 28.8 Å². The molecule has 0 amide bonds. The lowest BCUT2D eigenvalue weighted by Gasteiger charge is -2.16. The lowest BCUT2D eigenvalue weighted by molar-refractivity contribution is 0.247. The van der Waals surface area contributed by atoms with Crippen molar-refractivity contribution in [3.63, 3.8) is 0 Å². The Bertz CT molecular complexity index is 300. The fourth-order valence-corrected chi connectivity index (χ4v) is 1.48. The van der Waals surface area contributed by atoms with Gasteiger partial charge in [-0.25, -0.2) is 0 Å². The molecule has 1 atom stereocenters. The minimum Gasteiger partial charge on any atom is -0.496 e. The van der Waals surface area contributed by atoms with Crippen molar-refractivity contribution in [1.29, 1.82) is 0 Å². The van der Waals surface area contributed by atoms with Crippen molar-refractivity contribution in [2.24, 2.45) is 0 Å². The zero-order valence-electron chi connectivity index (χ0n) is 8.25. The Morgan fingerprint density at radius 2 is 2.29 bits per heavy atom. The number of nitrogens with one attached hydrogen (secondary N) is 1. The third-order valence-electron chi connectivity index (χ3n) is 2.10. The molecule has 0 aromatic heterocycles. The summed E-state index contributed by atoms with van der Waals surface area (Å²) < 4.78 is 5.18. The van der Waals surface area contributed by atoms with Crippen LogP contribution in [-0.2, 0) is 0 Å². The van der Waals surface area contributed by atoms with Crippen LogP contribution >= 0.6 is 11.6 Å². The highest BCUT2D eigenvalue weighted by atomic mass is 35.5. The second-order valence-corrected chi connectivity index (χ2v) is 3.35. The lowest BCUT2D eigenvalue weighted by atomic mass is 10.1. The first-order valence-corrected chi connectivity index (χ1v) is 4.72.